The van der Waals surface area contributed by atoms with Gasteiger partial charge in [0.1, 0.15) is 23.9 Å². The SMILES string of the molecule is C=C1C(=O)OC2C=C(C)C(OC(C)=O)CC=C(C)CC(OC(=O)C3OC3(C)C)C12. The van der Waals surface area contributed by atoms with Crippen LogP contribution in [0.2, 0.25) is 0 Å². The number of carbonyl (C=O) groups excluding carboxylic acids is 3. The van der Waals surface area contributed by atoms with Gasteiger partial charge in [0.2, 0.25) is 0 Å². The second kappa shape index (κ2) is 7.78. The number of ether oxygens (including phenoxy) is 4. The molecule has 5 atom stereocenters. The van der Waals surface area contributed by atoms with Crippen molar-refractivity contribution < 1.29 is 33.3 Å². The first-order valence-electron chi connectivity index (χ1n) is 9.79. The molecule has 2 saturated heterocycles. The predicted octanol–water partition coefficient (Wildman–Crippen LogP) is 2.79. The molecule has 3 aliphatic rings. The van der Waals surface area contributed by atoms with Gasteiger partial charge in [-0.1, -0.05) is 18.2 Å². The lowest BCUT2D eigenvalue weighted by Crippen LogP contribution is -2.35. The summed E-state index contributed by atoms with van der Waals surface area (Å²) in [5.41, 5.74) is 1.45. The Bertz CT molecular complexity index is 804. The summed E-state index contributed by atoms with van der Waals surface area (Å²) in [6, 6.07) is 0. The van der Waals surface area contributed by atoms with Crippen molar-refractivity contribution in [2.45, 2.75) is 77.5 Å². The minimum atomic E-state index is -0.648. The highest BCUT2D eigenvalue weighted by atomic mass is 16.7. The van der Waals surface area contributed by atoms with Gasteiger partial charge in [0, 0.05) is 25.3 Å². The van der Waals surface area contributed by atoms with E-state index in [1.165, 1.54) is 6.92 Å². The van der Waals surface area contributed by atoms with Crippen molar-refractivity contribution in [3.05, 3.63) is 35.5 Å². The molecule has 0 aromatic carbocycles. The molecule has 158 valence electrons. The minimum absolute atomic E-state index is 0.269. The van der Waals surface area contributed by atoms with Crippen LogP contribution in [0.3, 0.4) is 0 Å². The lowest BCUT2D eigenvalue weighted by Gasteiger charge is -2.28. The Morgan fingerprint density at radius 1 is 1.24 bits per heavy atom. The predicted molar refractivity (Wildman–Crippen MR) is 104 cm³/mol. The number of hydrogen-bond donors (Lipinski definition) is 0. The first-order chi connectivity index (χ1) is 13.5. The molecule has 0 amide bonds. The summed E-state index contributed by atoms with van der Waals surface area (Å²) < 4.78 is 22.1. The molecule has 2 heterocycles. The van der Waals surface area contributed by atoms with Crippen molar-refractivity contribution in [3.63, 3.8) is 0 Å². The van der Waals surface area contributed by atoms with Gasteiger partial charge in [-0.05, 0) is 39.3 Å². The molecule has 0 bridgehead atoms. The maximum absolute atomic E-state index is 12.6. The van der Waals surface area contributed by atoms with Crippen LogP contribution >= 0.6 is 0 Å². The average Bonchev–Trinajstić information content (AvgIpc) is 3.16. The zero-order chi connectivity index (χ0) is 21.5. The molecule has 0 radical (unpaired) electrons. The summed E-state index contributed by atoms with van der Waals surface area (Å²) in [6.45, 7) is 12.6. The summed E-state index contributed by atoms with van der Waals surface area (Å²) >= 11 is 0. The van der Waals surface area contributed by atoms with Crippen molar-refractivity contribution in [1.82, 2.24) is 0 Å². The van der Waals surface area contributed by atoms with E-state index < -0.39 is 47.9 Å². The Labute approximate surface area is 170 Å². The lowest BCUT2D eigenvalue weighted by atomic mass is 9.85. The molecule has 3 rings (SSSR count). The number of epoxide rings is 1. The number of carbonyl (C=O) groups is 3. The maximum atomic E-state index is 12.6. The molecule has 1 aliphatic carbocycles. The van der Waals surface area contributed by atoms with E-state index in [9.17, 15) is 14.4 Å². The first kappa shape index (κ1) is 21.3. The molecule has 0 aromatic heterocycles. The molecule has 5 unspecified atom stereocenters. The Morgan fingerprint density at radius 2 is 1.90 bits per heavy atom. The first-order valence-corrected chi connectivity index (χ1v) is 9.79. The molecule has 0 aromatic rings. The minimum Gasteiger partial charge on any atom is -0.459 e. The molecule has 0 spiro atoms. The number of esters is 3. The quantitative estimate of drug-likeness (QED) is 0.235. The molecule has 2 aliphatic heterocycles. The van der Waals surface area contributed by atoms with Crippen molar-refractivity contribution in [2.24, 2.45) is 5.92 Å². The van der Waals surface area contributed by atoms with Gasteiger partial charge < -0.3 is 18.9 Å². The standard InChI is InChI=1S/C22H28O7/c1-11-7-8-15(26-14(4)23)12(2)10-17-18(13(3)20(24)27-17)16(9-11)28-21(25)19-22(5,6)29-19/h7,10,15-19H,3,8-9H2,1-2,4-6H3. The van der Waals surface area contributed by atoms with E-state index >= 15 is 0 Å². The average molecular weight is 404 g/mol. The van der Waals surface area contributed by atoms with Crippen LogP contribution in [-0.4, -0.2) is 47.9 Å². The largest absolute Gasteiger partial charge is 0.459 e. The van der Waals surface area contributed by atoms with Crippen molar-refractivity contribution >= 4 is 17.9 Å². The molecular formula is C22H28O7. The smallest absolute Gasteiger partial charge is 0.338 e. The summed E-state index contributed by atoms with van der Waals surface area (Å²) in [6.07, 6.45) is 2.30. The van der Waals surface area contributed by atoms with E-state index in [4.69, 9.17) is 18.9 Å². The van der Waals surface area contributed by atoms with Crippen molar-refractivity contribution in [1.29, 1.82) is 0 Å². The normalized spacial score (nSPS) is 33.6. The second-order valence-electron chi connectivity index (χ2n) is 8.50. The van der Waals surface area contributed by atoms with Crippen LogP contribution in [0.1, 0.15) is 47.5 Å². The monoisotopic (exact) mass is 404 g/mol. The fraction of sp³-hybridized carbons (Fsp3) is 0.591. The van der Waals surface area contributed by atoms with Gasteiger partial charge >= 0.3 is 17.9 Å². The van der Waals surface area contributed by atoms with Crippen molar-refractivity contribution in [3.8, 4) is 0 Å². The van der Waals surface area contributed by atoms with Crippen LogP contribution in [0.15, 0.2) is 35.5 Å². The molecule has 0 N–H and O–H groups in total. The molecule has 0 saturated carbocycles. The van der Waals surface area contributed by atoms with Gasteiger partial charge in [-0.15, -0.1) is 0 Å². The Balaban J connectivity index is 1.91. The van der Waals surface area contributed by atoms with Gasteiger partial charge in [0.25, 0.3) is 0 Å². The highest BCUT2D eigenvalue weighted by molar-refractivity contribution is 5.91. The van der Waals surface area contributed by atoms with E-state index in [1.54, 1.807) is 6.08 Å². The van der Waals surface area contributed by atoms with Gasteiger partial charge in [-0.3, -0.25) is 4.79 Å². The zero-order valence-electron chi connectivity index (χ0n) is 17.5. The molecule has 7 nitrogen and oxygen atoms in total. The van der Waals surface area contributed by atoms with Crippen molar-refractivity contribution in [2.75, 3.05) is 0 Å². The Hall–Kier alpha value is -2.41. The second-order valence-corrected chi connectivity index (χ2v) is 8.50. The third kappa shape index (κ3) is 4.61. The van der Waals surface area contributed by atoms with Crippen LogP contribution in [0.4, 0.5) is 0 Å². The lowest BCUT2D eigenvalue weighted by molar-refractivity contribution is -0.153. The van der Waals surface area contributed by atoms with E-state index in [1.807, 2.05) is 33.8 Å². The van der Waals surface area contributed by atoms with Crippen LogP contribution < -0.4 is 0 Å². The van der Waals surface area contributed by atoms with E-state index in [-0.39, 0.29) is 11.5 Å². The van der Waals surface area contributed by atoms with Crippen LogP contribution in [-0.2, 0) is 33.3 Å². The van der Waals surface area contributed by atoms with Gasteiger partial charge in [-0.25, -0.2) is 9.59 Å². The Kier molecular flexibility index (Phi) is 5.72. The van der Waals surface area contributed by atoms with E-state index in [0.29, 0.717) is 12.8 Å². The number of hydrogen-bond acceptors (Lipinski definition) is 7. The third-order valence-corrected chi connectivity index (χ3v) is 5.59. The third-order valence-electron chi connectivity index (χ3n) is 5.59. The molecule has 7 heteroatoms. The molecule has 2 fully saturated rings. The summed E-state index contributed by atoms with van der Waals surface area (Å²) in [4.78, 5) is 36.3. The van der Waals surface area contributed by atoms with Gasteiger partial charge in [0.05, 0.1) is 5.92 Å². The maximum Gasteiger partial charge on any atom is 0.338 e. The van der Waals surface area contributed by atoms with Gasteiger partial charge in [0.15, 0.2) is 6.10 Å². The number of rotatable bonds is 3. The fourth-order valence-electron chi connectivity index (χ4n) is 3.84. The Morgan fingerprint density at radius 3 is 2.48 bits per heavy atom. The molecular weight excluding hydrogens is 376 g/mol. The summed E-state index contributed by atoms with van der Waals surface area (Å²) in [7, 11) is 0. The summed E-state index contributed by atoms with van der Waals surface area (Å²) in [5.74, 6) is -1.87. The fourth-order valence-corrected chi connectivity index (χ4v) is 3.84. The van der Waals surface area contributed by atoms with Crippen LogP contribution in [0.25, 0.3) is 0 Å². The highest BCUT2D eigenvalue weighted by Crippen LogP contribution is 2.40. The topological polar surface area (TPSA) is 91.4 Å². The molecule has 29 heavy (non-hydrogen) atoms. The zero-order valence-corrected chi connectivity index (χ0v) is 17.5. The number of fused-ring (bicyclic) bond motifs is 1. The van der Waals surface area contributed by atoms with Crippen LogP contribution in [0.5, 0.6) is 0 Å². The highest BCUT2D eigenvalue weighted by Gasteiger charge is 2.55. The van der Waals surface area contributed by atoms with E-state index in [0.717, 1.165) is 11.1 Å². The van der Waals surface area contributed by atoms with Crippen LogP contribution in [0, 0.1) is 5.92 Å². The van der Waals surface area contributed by atoms with Gasteiger partial charge in [-0.2, -0.15) is 0 Å². The summed E-state index contributed by atoms with van der Waals surface area (Å²) in [5, 5.41) is 0. The van der Waals surface area contributed by atoms with E-state index in [2.05, 4.69) is 6.58 Å².